The number of nitrogens with zero attached hydrogens (tertiary/aromatic N) is 6. The Balaban J connectivity index is 1.93. The topological polar surface area (TPSA) is 154 Å². The van der Waals surface area contributed by atoms with Gasteiger partial charge in [-0.15, -0.1) is 0 Å². The van der Waals surface area contributed by atoms with E-state index in [1.807, 2.05) is 20.8 Å². The van der Waals surface area contributed by atoms with Crippen LogP contribution in [0.5, 0.6) is 0 Å². The highest BCUT2D eigenvalue weighted by Crippen LogP contribution is 2.20. The van der Waals surface area contributed by atoms with Gasteiger partial charge in [0.2, 0.25) is 5.91 Å². The number of aromatic amines is 1. The van der Waals surface area contributed by atoms with Gasteiger partial charge in [-0.25, -0.2) is 9.78 Å². The van der Waals surface area contributed by atoms with Gasteiger partial charge in [0, 0.05) is 33.1 Å². The first-order valence-electron chi connectivity index (χ1n) is 11.5. The van der Waals surface area contributed by atoms with Gasteiger partial charge in [-0.3, -0.25) is 33.2 Å². The zero-order valence-electron chi connectivity index (χ0n) is 20.1. The Bertz CT molecular complexity index is 1350. The zero-order chi connectivity index (χ0) is 25.0. The van der Waals surface area contributed by atoms with Crippen molar-refractivity contribution in [1.29, 1.82) is 0 Å². The molecular weight excluding hydrogens is 440 g/mol. The third kappa shape index (κ3) is 5.10. The molecule has 0 fully saturated rings. The van der Waals surface area contributed by atoms with E-state index in [4.69, 9.17) is 5.73 Å². The van der Waals surface area contributed by atoms with E-state index in [0.717, 1.165) is 6.42 Å². The van der Waals surface area contributed by atoms with Gasteiger partial charge >= 0.3 is 5.69 Å². The number of carbonyl (C=O) groups is 1. The summed E-state index contributed by atoms with van der Waals surface area (Å²) in [6.07, 6.45) is 4.92. The molecule has 12 nitrogen and oxygen atoms in total. The Morgan fingerprint density at radius 1 is 1.24 bits per heavy atom. The molecular formula is C22H32N8O4. The Kier molecular flexibility index (Phi) is 7.69. The average Bonchev–Trinajstić information content (AvgIpc) is 3.16. The fourth-order valence-corrected chi connectivity index (χ4v) is 3.70. The summed E-state index contributed by atoms with van der Waals surface area (Å²) in [6, 6.07) is 0. The molecule has 0 unspecified atom stereocenters. The molecule has 184 valence electrons. The minimum atomic E-state index is -0.706. The molecule has 0 aliphatic heterocycles. The predicted octanol–water partition coefficient (Wildman–Crippen LogP) is 0.832. The molecule has 0 aromatic carbocycles. The van der Waals surface area contributed by atoms with Crippen LogP contribution < -0.4 is 27.4 Å². The maximum absolute atomic E-state index is 13.3. The predicted molar refractivity (Wildman–Crippen MR) is 130 cm³/mol. The summed E-state index contributed by atoms with van der Waals surface area (Å²) in [6.45, 7) is 6.65. The van der Waals surface area contributed by atoms with Gasteiger partial charge in [-0.1, -0.05) is 27.2 Å². The monoisotopic (exact) mass is 472 g/mol. The van der Waals surface area contributed by atoms with E-state index in [9.17, 15) is 19.2 Å². The van der Waals surface area contributed by atoms with Crippen LogP contribution in [0.1, 0.15) is 46.5 Å². The molecule has 3 N–H and O–H groups in total. The molecule has 34 heavy (non-hydrogen) atoms. The van der Waals surface area contributed by atoms with Crippen molar-refractivity contribution in [3.05, 3.63) is 43.7 Å². The molecule has 0 aliphatic carbocycles. The maximum atomic E-state index is 13.3. The largest absolute Gasteiger partial charge is 0.383 e. The van der Waals surface area contributed by atoms with E-state index in [2.05, 4.69) is 15.1 Å². The number of hydrogen-bond donors (Lipinski definition) is 2. The van der Waals surface area contributed by atoms with Gasteiger partial charge in [0.05, 0.1) is 12.5 Å². The molecule has 0 atom stereocenters. The minimum absolute atomic E-state index is 0.0325. The second-order valence-electron chi connectivity index (χ2n) is 8.72. The number of aromatic nitrogens is 6. The van der Waals surface area contributed by atoms with E-state index in [1.54, 1.807) is 7.05 Å². The van der Waals surface area contributed by atoms with Crippen LogP contribution in [0.3, 0.4) is 0 Å². The second kappa shape index (κ2) is 10.5. The van der Waals surface area contributed by atoms with Crippen LogP contribution in [-0.2, 0) is 24.9 Å². The first-order valence-corrected chi connectivity index (χ1v) is 11.5. The second-order valence-corrected chi connectivity index (χ2v) is 8.72. The number of nitrogens with one attached hydrogen (secondary N) is 1. The lowest BCUT2D eigenvalue weighted by molar-refractivity contribution is -0.118. The molecule has 0 aliphatic rings. The molecule has 0 saturated carbocycles. The van der Waals surface area contributed by atoms with E-state index in [0.29, 0.717) is 30.4 Å². The maximum Gasteiger partial charge on any atom is 0.330 e. The molecule has 12 heteroatoms. The van der Waals surface area contributed by atoms with E-state index < -0.39 is 11.2 Å². The molecule has 3 aromatic heterocycles. The Morgan fingerprint density at radius 3 is 2.65 bits per heavy atom. The van der Waals surface area contributed by atoms with Crippen molar-refractivity contribution in [2.45, 2.75) is 59.5 Å². The highest BCUT2D eigenvalue weighted by molar-refractivity contribution is 5.95. The van der Waals surface area contributed by atoms with Crippen LogP contribution in [0.15, 0.2) is 26.9 Å². The van der Waals surface area contributed by atoms with Crippen LogP contribution in [0.4, 0.5) is 11.5 Å². The summed E-state index contributed by atoms with van der Waals surface area (Å²) in [5.74, 6) is -0.145. The Morgan fingerprint density at radius 2 is 1.97 bits per heavy atom. The molecule has 1 amide bonds. The summed E-state index contributed by atoms with van der Waals surface area (Å²) >= 11 is 0. The van der Waals surface area contributed by atoms with Crippen molar-refractivity contribution in [2.75, 3.05) is 17.2 Å². The van der Waals surface area contributed by atoms with Crippen molar-refractivity contribution in [1.82, 2.24) is 28.9 Å². The number of nitrogen functional groups attached to an aromatic ring is 1. The van der Waals surface area contributed by atoms with Crippen molar-refractivity contribution in [3.8, 4) is 0 Å². The fraction of sp³-hybridized carbons (Fsp3) is 0.545. The van der Waals surface area contributed by atoms with Gasteiger partial charge < -0.3 is 10.6 Å². The zero-order valence-corrected chi connectivity index (χ0v) is 20.1. The van der Waals surface area contributed by atoms with Gasteiger partial charge in [0.15, 0.2) is 11.3 Å². The fourth-order valence-electron chi connectivity index (χ4n) is 3.70. The molecule has 0 radical (unpaired) electrons. The van der Waals surface area contributed by atoms with Crippen LogP contribution in [-0.4, -0.2) is 41.3 Å². The first kappa shape index (κ1) is 24.9. The van der Waals surface area contributed by atoms with Crippen LogP contribution in [0.25, 0.3) is 11.0 Å². The van der Waals surface area contributed by atoms with Gasteiger partial charge in [0.25, 0.3) is 11.1 Å². The molecule has 3 rings (SSSR count). The number of carbonyl (C=O) groups excluding carboxylic acids is 1. The van der Waals surface area contributed by atoms with Crippen LogP contribution >= 0.6 is 0 Å². The lowest BCUT2D eigenvalue weighted by atomic mass is 10.1. The third-order valence-electron chi connectivity index (χ3n) is 5.74. The van der Waals surface area contributed by atoms with Crippen LogP contribution in [0.2, 0.25) is 0 Å². The minimum Gasteiger partial charge on any atom is -0.383 e. The number of unbranched alkanes of at least 4 members (excludes halogenated alkanes) is 1. The normalized spacial score (nSPS) is 11.4. The number of nitrogens with two attached hydrogens (primary N) is 1. The highest BCUT2D eigenvalue weighted by atomic mass is 16.2. The summed E-state index contributed by atoms with van der Waals surface area (Å²) in [4.78, 5) is 58.9. The quantitative estimate of drug-likeness (QED) is 0.443. The van der Waals surface area contributed by atoms with Gasteiger partial charge in [0.1, 0.15) is 11.2 Å². The summed E-state index contributed by atoms with van der Waals surface area (Å²) in [5, 5.41) is 4.40. The molecule has 3 heterocycles. The van der Waals surface area contributed by atoms with Crippen molar-refractivity contribution in [3.63, 3.8) is 0 Å². The van der Waals surface area contributed by atoms with Gasteiger partial charge in [-0.05, 0) is 18.8 Å². The standard InChI is InChI=1S/C22H32N8O4/c1-5-6-9-30-18(23)17(20(32)26-22(30)34)29(11-7-14(2)3)16(31)8-10-28-13-24-19-15(21(28)33)12-25-27(19)4/h12-14H,5-11,23H2,1-4H3,(H,26,32,34). The lowest BCUT2D eigenvalue weighted by Gasteiger charge is -2.25. The number of amides is 1. The first-order chi connectivity index (χ1) is 16.1. The number of fused-ring (bicyclic) bond motifs is 1. The van der Waals surface area contributed by atoms with Crippen molar-refractivity contribution >= 4 is 28.4 Å². The van der Waals surface area contributed by atoms with Crippen molar-refractivity contribution in [2.24, 2.45) is 13.0 Å². The summed E-state index contributed by atoms with van der Waals surface area (Å²) in [7, 11) is 1.69. The number of rotatable bonds is 10. The SMILES string of the molecule is CCCCn1c(N)c(N(CCC(C)C)C(=O)CCn2cnc3c(cnn3C)c2=O)c(=O)[nH]c1=O. The smallest absolute Gasteiger partial charge is 0.330 e. The lowest BCUT2D eigenvalue weighted by Crippen LogP contribution is -2.42. The Hall–Kier alpha value is -3.70. The highest BCUT2D eigenvalue weighted by Gasteiger charge is 2.24. The van der Waals surface area contributed by atoms with Gasteiger partial charge in [-0.2, -0.15) is 5.10 Å². The third-order valence-corrected chi connectivity index (χ3v) is 5.74. The average molecular weight is 473 g/mol. The molecule has 0 spiro atoms. The van der Waals surface area contributed by atoms with E-state index in [1.165, 1.54) is 31.2 Å². The number of H-pyrrole nitrogens is 1. The molecule has 0 saturated heterocycles. The Labute approximate surface area is 196 Å². The van der Waals surface area contributed by atoms with E-state index >= 15 is 0 Å². The number of hydrogen-bond acceptors (Lipinski definition) is 7. The van der Waals surface area contributed by atoms with Crippen molar-refractivity contribution < 1.29 is 4.79 Å². The summed E-state index contributed by atoms with van der Waals surface area (Å²) < 4.78 is 4.14. The number of aryl methyl sites for hydroxylation is 2. The van der Waals surface area contributed by atoms with E-state index in [-0.39, 0.29) is 48.4 Å². The van der Waals surface area contributed by atoms with Crippen LogP contribution in [0, 0.1) is 5.92 Å². The summed E-state index contributed by atoms with van der Waals surface area (Å²) in [5.41, 5.74) is 5.06. The molecule has 0 bridgehead atoms. The molecule has 3 aromatic rings. The number of anilines is 2.